The SMILES string of the molecule is CC(C(=O)N1CCC2(CC1)CC2CNC(=O)c1cc2ccncc2o1)N1CCOCC1. The third kappa shape index (κ3) is 4.06. The molecule has 5 rings (SSSR count). The fourth-order valence-corrected chi connectivity index (χ4v) is 5.19. The molecule has 0 radical (unpaired) electrons. The summed E-state index contributed by atoms with van der Waals surface area (Å²) in [6.45, 7) is 7.37. The zero-order valence-corrected chi connectivity index (χ0v) is 18.0. The number of rotatable bonds is 5. The maximum atomic E-state index is 12.9. The van der Waals surface area contributed by atoms with Crippen LogP contribution in [0.25, 0.3) is 11.0 Å². The Balaban J connectivity index is 1.09. The van der Waals surface area contributed by atoms with Gasteiger partial charge in [-0.05, 0) is 49.7 Å². The van der Waals surface area contributed by atoms with E-state index in [2.05, 4.69) is 15.2 Å². The van der Waals surface area contributed by atoms with Crippen molar-refractivity contribution in [1.82, 2.24) is 20.1 Å². The summed E-state index contributed by atoms with van der Waals surface area (Å²) in [6, 6.07) is 3.51. The minimum atomic E-state index is -0.176. The lowest BCUT2D eigenvalue weighted by atomic mass is 9.90. The first-order valence-electron chi connectivity index (χ1n) is 11.3. The number of likely N-dealkylation sites (tertiary alicyclic amines) is 1. The minimum absolute atomic E-state index is 0.0775. The van der Waals surface area contributed by atoms with Crippen molar-refractivity contribution in [3.63, 3.8) is 0 Å². The third-order valence-corrected chi connectivity index (χ3v) is 7.44. The van der Waals surface area contributed by atoms with Crippen LogP contribution in [0.1, 0.15) is 36.7 Å². The molecule has 2 aliphatic heterocycles. The molecule has 1 N–H and O–H groups in total. The average Bonchev–Trinajstić information content (AvgIpc) is 3.28. The van der Waals surface area contributed by atoms with Gasteiger partial charge in [-0.1, -0.05) is 0 Å². The summed E-state index contributed by atoms with van der Waals surface area (Å²) in [4.78, 5) is 33.7. The average molecular weight is 427 g/mol. The fourth-order valence-electron chi connectivity index (χ4n) is 5.19. The second kappa shape index (κ2) is 8.24. The molecule has 2 amide bonds. The summed E-state index contributed by atoms with van der Waals surface area (Å²) in [5.41, 5.74) is 0.906. The number of carbonyl (C=O) groups excluding carboxylic acids is 2. The van der Waals surface area contributed by atoms with Crippen LogP contribution in [0.15, 0.2) is 28.9 Å². The van der Waals surface area contributed by atoms with E-state index in [1.165, 1.54) is 0 Å². The van der Waals surface area contributed by atoms with Gasteiger partial charge in [-0.3, -0.25) is 19.5 Å². The van der Waals surface area contributed by atoms with Crippen LogP contribution in [0, 0.1) is 11.3 Å². The molecule has 1 aliphatic carbocycles. The number of nitrogens with zero attached hydrogens (tertiary/aromatic N) is 3. The van der Waals surface area contributed by atoms with Crippen molar-refractivity contribution in [2.24, 2.45) is 11.3 Å². The first kappa shape index (κ1) is 20.5. The summed E-state index contributed by atoms with van der Waals surface area (Å²) >= 11 is 0. The number of pyridine rings is 1. The van der Waals surface area contributed by atoms with Crippen LogP contribution in [-0.2, 0) is 9.53 Å². The normalized spacial score (nSPS) is 24.3. The van der Waals surface area contributed by atoms with Crippen molar-refractivity contribution in [1.29, 1.82) is 0 Å². The second-order valence-electron chi connectivity index (χ2n) is 9.15. The van der Waals surface area contributed by atoms with E-state index in [-0.39, 0.29) is 23.3 Å². The molecule has 1 saturated carbocycles. The topological polar surface area (TPSA) is 87.9 Å². The number of fused-ring (bicyclic) bond motifs is 1. The number of nitrogens with one attached hydrogen (secondary N) is 1. The molecule has 3 aliphatic rings. The highest BCUT2D eigenvalue weighted by molar-refractivity contribution is 5.95. The molecule has 2 unspecified atom stereocenters. The molecule has 1 spiro atoms. The summed E-state index contributed by atoms with van der Waals surface area (Å²) in [5, 5.41) is 3.92. The molecule has 2 atom stereocenters. The van der Waals surface area contributed by atoms with Gasteiger partial charge in [0, 0.05) is 44.3 Å². The van der Waals surface area contributed by atoms with E-state index < -0.39 is 0 Å². The Morgan fingerprint density at radius 1 is 1.26 bits per heavy atom. The number of hydrogen-bond donors (Lipinski definition) is 1. The maximum absolute atomic E-state index is 12.9. The number of morpholine rings is 1. The second-order valence-corrected chi connectivity index (χ2v) is 9.15. The van der Waals surface area contributed by atoms with Gasteiger partial charge in [0.15, 0.2) is 11.3 Å². The van der Waals surface area contributed by atoms with E-state index in [1.807, 2.05) is 17.9 Å². The Labute approximate surface area is 181 Å². The Morgan fingerprint density at radius 3 is 2.77 bits per heavy atom. The highest BCUT2D eigenvalue weighted by Gasteiger charge is 2.55. The molecular weight excluding hydrogens is 396 g/mol. The van der Waals surface area contributed by atoms with Crippen LogP contribution < -0.4 is 5.32 Å². The number of carbonyl (C=O) groups is 2. The van der Waals surface area contributed by atoms with Gasteiger partial charge in [0.25, 0.3) is 5.91 Å². The summed E-state index contributed by atoms with van der Waals surface area (Å²) in [7, 11) is 0. The molecular formula is C23H30N4O4. The van der Waals surface area contributed by atoms with E-state index in [4.69, 9.17) is 9.15 Å². The van der Waals surface area contributed by atoms with Crippen LogP contribution in [0.5, 0.6) is 0 Å². The van der Waals surface area contributed by atoms with Crippen LogP contribution in [-0.4, -0.2) is 78.6 Å². The molecule has 0 aromatic carbocycles. The van der Waals surface area contributed by atoms with Crippen molar-refractivity contribution in [3.05, 3.63) is 30.3 Å². The Bertz CT molecular complexity index is 926. The van der Waals surface area contributed by atoms with Gasteiger partial charge in [-0.25, -0.2) is 0 Å². The summed E-state index contributed by atoms with van der Waals surface area (Å²) in [6.07, 6.45) is 6.47. The number of amides is 2. The molecule has 31 heavy (non-hydrogen) atoms. The monoisotopic (exact) mass is 426 g/mol. The lowest BCUT2D eigenvalue weighted by molar-refractivity contribution is -0.139. The van der Waals surface area contributed by atoms with Crippen molar-refractivity contribution in [2.45, 2.75) is 32.2 Å². The number of furan rings is 1. The van der Waals surface area contributed by atoms with Gasteiger partial charge in [-0.2, -0.15) is 0 Å². The zero-order chi connectivity index (χ0) is 21.4. The van der Waals surface area contributed by atoms with Crippen molar-refractivity contribution < 1.29 is 18.7 Å². The van der Waals surface area contributed by atoms with Gasteiger partial charge in [-0.15, -0.1) is 0 Å². The predicted molar refractivity (Wildman–Crippen MR) is 115 cm³/mol. The quantitative estimate of drug-likeness (QED) is 0.786. The first-order valence-corrected chi connectivity index (χ1v) is 11.3. The Hall–Kier alpha value is -2.45. The molecule has 166 valence electrons. The Kier molecular flexibility index (Phi) is 5.44. The number of hydrogen-bond acceptors (Lipinski definition) is 6. The first-order chi connectivity index (χ1) is 15.1. The summed E-state index contributed by atoms with van der Waals surface area (Å²) in [5.74, 6) is 0.874. The molecule has 2 aromatic heterocycles. The fraction of sp³-hybridized carbons (Fsp3) is 0.609. The lowest BCUT2D eigenvalue weighted by Crippen LogP contribution is -2.52. The highest BCUT2D eigenvalue weighted by Crippen LogP contribution is 2.59. The maximum Gasteiger partial charge on any atom is 0.287 e. The third-order valence-electron chi connectivity index (χ3n) is 7.44. The molecule has 8 nitrogen and oxygen atoms in total. The molecule has 8 heteroatoms. The highest BCUT2D eigenvalue weighted by atomic mass is 16.5. The number of aromatic nitrogens is 1. The molecule has 2 aromatic rings. The Morgan fingerprint density at radius 2 is 2.03 bits per heavy atom. The van der Waals surface area contributed by atoms with E-state index >= 15 is 0 Å². The van der Waals surface area contributed by atoms with E-state index in [9.17, 15) is 9.59 Å². The van der Waals surface area contributed by atoms with Crippen LogP contribution in [0.2, 0.25) is 0 Å². The van der Waals surface area contributed by atoms with Gasteiger partial charge in [0.2, 0.25) is 5.91 Å². The van der Waals surface area contributed by atoms with Crippen LogP contribution in [0.3, 0.4) is 0 Å². The van der Waals surface area contributed by atoms with Crippen molar-refractivity contribution in [3.8, 4) is 0 Å². The smallest absolute Gasteiger partial charge is 0.287 e. The van der Waals surface area contributed by atoms with Crippen molar-refractivity contribution >= 4 is 22.8 Å². The van der Waals surface area contributed by atoms with E-state index in [0.717, 1.165) is 50.8 Å². The van der Waals surface area contributed by atoms with E-state index in [0.29, 0.717) is 37.0 Å². The molecule has 0 bridgehead atoms. The van der Waals surface area contributed by atoms with E-state index in [1.54, 1.807) is 18.5 Å². The largest absolute Gasteiger partial charge is 0.449 e. The minimum Gasteiger partial charge on any atom is -0.449 e. The van der Waals surface area contributed by atoms with Gasteiger partial charge in [0.1, 0.15) is 0 Å². The van der Waals surface area contributed by atoms with Crippen LogP contribution in [0.4, 0.5) is 0 Å². The van der Waals surface area contributed by atoms with Gasteiger partial charge < -0.3 is 19.4 Å². The van der Waals surface area contributed by atoms with Gasteiger partial charge >= 0.3 is 0 Å². The lowest BCUT2D eigenvalue weighted by Gasteiger charge is -2.38. The van der Waals surface area contributed by atoms with Crippen LogP contribution >= 0.6 is 0 Å². The molecule has 3 fully saturated rings. The standard InChI is InChI=1S/C23H30N4O4/c1-16(26-8-10-30-11-9-26)22(29)27-6-3-23(4-7-27)13-18(23)14-25-21(28)19-12-17-2-5-24-15-20(17)31-19/h2,5,12,15-16,18H,3-4,6-11,13-14H2,1H3,(H,25,28). The number of ether oxygens (including phenoxy) is 1. The molecule has 4 heterocycles. The zero-order valence-electron chi connectivity index (χ0n) is 18.0. The van der Waals surface area contributed by atoms with Gasteiger partial charge in [0.05, 0.1) is 25.5 Å². The molecule has 2 saturated heterocycles. The number of piperidine rings is 1. The van der Waals surface area contributed by atoms with Crippen molar-refractivity contribution in [2.75, 3.05) is 45.9 Å². The predicted octanol–water partition coefficient (Wildman–Crippen LogP) is 1.91. The summed E-state index contributed by atoms with van der Waals surface area (Å²) < 4.78 is 11.0.